The van der Waals surface area contributed by atoms with Gasteiger partial charge in [-0.3, -0.25) is 4.79 Å². The van der Waals surface area contributed by atoms with Gasteiger partial charge in [0.25, 0.3) is 5.91 Å². The summed E-state index contributed by atoms with van der Waals surface area (Å²) >= 11 is 0. The smallest absolute Gasteiger partial charge is 0.253 e. The zero-order valence-corrected chi connectivity index (χ0v) is 19.1. The average Bonchev–Trinajstić information content (AvgIpc) is 3.48. The maximum absolute atomic E-state index is 12.8. The normalized spacial score (nSPS) is 16.1. The van der Waals surface area contributed by atoms with Crippen molar-refractivity contribution >= 4 is 15.9 Å². The number of hydrogen-bond acceptors (Lipinski definition) is 5. The summed E-state index contributed by atoms with van der Waals surface area (Å²) < 4.78 is 27.3. The van der Waals surface area contributed by atoms with E-state index in [9.17, 15) is 13.2 Å². The van der Waals surface area contributed by atoms with Crippen molar-refractivity contribution < 1.29 is 13.2 Å². The third-order valence-corrected chi connectivity index (χ3v) is 6.73. The van der Waals surface area contributed by atoms with E-state index in [1.54, 1.807) is 9.58 Å². The molecule has 0 bridgehead atoms. The summed E-state index contributed by atoms with van der Waals surface area (Å²) in [5.74, 6) is 0.0573. The minimum atomic E-state index is -3.44. The Morgan fingerprint density at radius 2 is 1.88 bits per heavy atom. The first-order valence-corrected chi connectivity index (χ1v) is 12.4. The third kappa shape index (κ3) is 6.15. The molecular weight excluding hydrogens is 438 g/mol. The molecule has 1 atom stereocenters. The minimum Gasteiger partial charge on any atom is -0.338 e. The van der Waals surface area contributed by atoms with Crippen LogP contribution in [-0.2, 0) is 23.0 Å². The van der Waals surface area contributed by atoms with Gasteiger partial charge in [0, 0.05) is 43.2 Å². The molecule has 4 rings (SSSR count). The van der Waals surface area contributed by atoms with E-state index in [1.807, 2.05) is 48.7 Å². The Morgan fingerprint density at radius 1 is 1.12 bits per heavy atom. The van der Waals surface area contributed by atoms with Gasteiger partial charge in [-0.15, -0.1) is 5.10 Å². The van der Waals surface area contributed by atoms with Crippen molar-refractivity contribution in [2.75, 3.05) is 19.6 Å². The molecule has 1 aromatic heterocycles. The van der Waals surface area contributed by atoms with Crippen LogP contribution in [-0.4, -0.2) is 53.9 Å². The topological polar surface area (TPSA) is 97.2 Å². The number of likely N-dealkylation sites (tertiary alicyclic amines) is 1. The molecule has 0 spiro atoms. The van der Waals surface area contributed by atoms with Crippen LogP contribution < -0.4 is 4.72 Å². The summed E-state index contributed by atoms with van der Waals surface area (Å²) in [6.07, 6.45) is 3.44. The van der Waals surface area contributed by atoms with Crippen molar-refractivity contribution in [2.24, 2.45) is 5.92 Å². The maximum Gasteiger partial charge on any atom is 0.253 e. The number of benzene rings is 2. The molecule has 172 valence electrons. The monoisotopic (exact) mass is 465 g/mol. The van der Waals surface area contributed by atoms with Gasteiger partial charge in [-0.05, 0) is 35.6 Å². The molecule has 33 heavy (non-hydrogen) atoms. The zero-order valence-electron chi connectivity index (χ0n) is 18.3. The van der Waals surface area contributed by atoms with E-state index >= 15 is 0 Å². The molecule has 0 aliphatic carbocycles. The summed E-state index contributed by atoms with van der Waals surface area (Å²) in [6.45, 7) is 5.32. The van der Waals surface area contributed by atoms with Gasteiger partial charge in [-0.2, -0.15) is 0 Å². The van der Waals surface area contributed by atoms with E-state index in [-0.39, 0.29) is 11.8 Å². The Labute approximate surface area is 194 Å². The van der Waals surface area contributed by atoms with Crippen molar-refractivity contribution in [1.29, 1.82) is 0 Å². The van der Waals surface area contributed by atoms with Crippen LogP contribution in [0, 0.1) is 5.92 Å². The lowest BCUT2D eigenvalue weighted by atomic mass is 10.1. The van der Waals surface area contributed by atoms with Crippen LogP contribution in [0.5, 0.6) is 0 Å². The predicted octanol–water partition coefficient (Wildman–Crippen LogP) is 2.44. The van der Waals surface area contributed by atoms with E-state index < -0.39 is 10.0 Å². The summed E-state index contributed by atoms with van der Waals surface area (Å²) in [5, 5.41) is 9.37. The number of amides is 1. The number of sulfonamides is 1. The molecule has 1 amide bonds. The fraction of sp³-hybridized carbons (Fsp3) is 0.292. The van der Waals surface area contributed by atoms with Crippen LogP contribution in [0.3, 0.4) is 0 Å². The summed E-state index contributed by atoms with van der Waals surface area (Å²) in [6, 6.07) is 17.7. The van der Waals surface area contributed by atoms with Gasteiger partial charge in [0.05, 0.1) is 12.2 Å². The second kappa shape index (κ2) is 10.1. The van der Waals surface area contributed by atoms with Crippen LogP contribution in [0.2, 0.25) is 0 Å². The highest BCUT2D eigenvalue weighted by atomic mass is 32.2. The van der Waals surface area contributed by atoms with Crippen molar-refractivity contribution in [3.8, 4) is 0 Å². The van der Waals surface area contributed by atoms with Crippen LogP contribution in [0.15, 0.2) is 72.8 Å². The quantitative estimate of drug-likeness (QED) is 0.524. The first kappa shape index (κ1) is 22.9. The van der Waals surface area contributed by atoms with E-state index in [0.29, 0.717) is 31.7 Å². The highest BCUT2D eigenvalue weighted by Gasteiger charge is 2.27. The SMILES string of the molecule is C=CS(=O)(=O)NCC1CCN(C(=O)c2ccc(Cn3cc(Cc4ccccc4)nn3)cc2)C1. The van der Waals surface area contributed by atoms with Gasteiger partial charge in [0.2, 0.25) is 10.0 Å². The Bertz CT molecular complexity index is 1210. The van der Waals surface area contributed by atoms with E-state index in [1.165, 1.54) is 5.56 Å². The molecule has 9 heteroatoms. The Hall–Kier alpha value is -3.30. The van der Waals surface area contributed by atoms with E-state index in [4.69, 9.17) is 0 Å². The van der Waals surface area contributed by atoms with Gasteiger partial charge in [-0.25, -0.2) is 17.8 Å². The number of hydrogen-bond donors (Lipinski definition) is 1. The van der Waals surface area contributed by atoms with Crippen LogP contribution in [0.4, 0.5) is 0 Å². The van der Waals surface area contributed by atoms with Gasteiger partial charge in [0.1, 0.15) is 0 Å². The summed E-state index contributed by atoms with van der Waals surface area (Å²) in [5.41, 5.74) is 3.75. The van der Waals surface area contributed by atoms with Crippen molar-refractivity contribution in [1.82, 2.24) is 24.6 Å². The molecule has 3 aromatic rings. The molecule has 2 heterocycles. The second-order valence-corrected chi connectivity index (χ2v) is 9.94. The van der Waals surface area contributed by atoms with Crippen molar-refractivity contribution in [2.45, 2.75) is 19.4 Å². The molecule has 0 radical (unpaired) electrons. The lowest BCUT2D eigenvalue weighted by Gasteiger charge is -2.17. The molecule has 1 fully saturated rings. The highest BCUT2D eigenvalue weighted by molar-refractivity contribution is 7.92. The number of carbonyl (C=O) groups is 1. The fourth-order valence-electron chi connectivity index (χ4n) is 3.90. The highest BCUT2D eigenvalue weighted by Crippen LogP contribution is 2.19. The number of carbonyl (C=O) groups excluding carboxylic acids is 1. The zero-order chi connectivity index (χ0) is 23.3. The standard InChI is InChI=1S/C24H27N5O3S/c1-2-33(31,32)25-15-21-12-13-28(16-21)24(30)22-10-8-20(9-11-22)17-29-18-23(26-27-29)14-19-6-4-3-5-7-19/h2-11,18,21,25H,1,12-17H2. The Kier molecular flexibility index (Phi) is 7.00. The molecule has 1 aliphatic heterocycles. The first-order chi connectivity index (χ1) is 15.9. The van der Waals surface area contributed by atoms with Crippen LogP contribution >= 0.6 is 0 Å². The van der Waals surface area contributed by atoms with Gasteiger partial charge in [0.15, 0.2) is 0 Å². The van der Waals surface area contributed by atoms with Crippen LogP contribution in [0.1, 0.15) is 33.6 Å². The van der Waals surface area contributed by atoms with Gasteiger partial charge in [-0.1, -0.05) is 54.3 Å². The molecule has 0 saturated carbocycles. The fourth-order valence-corrected chi connectivity index (χ4v) is 4.49. The third-order valence-electron chi connectivity index (χ3n) is 5.73. The number of nitrogens with one attached hydrogen (secondary N) is 1. The molecular formula is C24H27N5O3S. The average molecular weight is 466 g/mol. The van der Waals surface area contributed by atoms with Crippen molar-refractivity contribution in [3.05, 3.63) is 95.2 Å². The number of rotatable bonds is 9. The van der Waals surface area contributed by atoms with E-state index in [2.05, 4.69) is 33.7 Å². The summed E-state index contributed by atoms with van der Waals surface area (Å²) in [7, 11) is -3.44. The van der Waals surface area contributed by atoms with E-state index in [0.717, 1.165) is 29.5 Å². The number of nitrogens with zero attached hydrogens (tertiary/aromatic N) is 4. The van der Waals surface area contributed by atoms with Crippen LogP contribution in [0.25, 0.3) is 0 Å². The van der Waals surface area contributed by atoms with Gasteiger partial charge >= 0.3 is 0 Å². The molecule has 1 saturated heterocycles. The lowest BCUT2D eigenvalue weighted by Crippen LogP contribution is -2.32. The lowest BCUT2D eigenvalue weighted by molar-refractivity contribution is 0.0787. The Morgan fingerprint density at radius 3 is 2.61 bits per heavy atom. The predicted molar refractivity (Wildman–Crippen MR) is 126 cm³/mol. The molecule has 1 unspecified atom stereocenters. The Balaban J connectivity index is 1.30. The summed E-state index contributed by atoms with van der Waals surface area (Å²) in [4.78, 5) is 14.6. The molecule has 8 nitrogen and oxygen atoms in total. The second-order valence-electron chi connectivity index (χ2n) is 8.23. The molecule has 1 aliphatic rings. The largest absolute Gasteiger partial charge is 0.338 e. The maximum atomic E-state index is 12.8. The molecule has 1 N–H and O–H groups in total. The molecule has 2 aromatic carbocycles. The minimum absolute atomic E-state index is 0.0402. The first-order valence-electron chi connectivity index (χ1n) is 10.8. The van der Waals surface area contributed by atoms with Gasteiger partial charge < -0.3 is 4.90 Å². The van der Waals surface area contributed by atoms with Crippen molar-refractivity contribution in [3.63, 3.8) is 0 Å². The number of aromatic nitrogens is 3.